The molecule has 0 aliphatic carbocycles. The molecule has 0 aromatic carbocycles. The van der Waals surface area contributed by atoms with E-state index in [0.717, 1.165) is 6.42 Å². The summed E-state index contributed by atoms with van der Waals surface area (Å²) in [7, 11) is 0. The molecule has 0 saturated heterocycles. The highest BCUT2D eigenvalue weighted by Gasteiger charge is 1.98. The zero-order valence-electron chi connectivity index (χ0n) is 5.49. The van der Waals surface area contributed by atoms with Crippen LogP contribution in [0.1, 0.15) is 19.4 Å². The summed E-state index contributed by atoms with van der Waals surface area (Å²) in [5.41, 5.74) is 0. The standard InChI is InChI=1S/C6H10N3/c1-3-6(2)9-5-7-4-8-9/h4-6H,2-3H2,1H3/t6-/m1/s1. The molecule has 3 nitrogen and oxygen atoms in total. The maximum Gasteiger partial charge on any atom is 0.137 e. The molecule has 1 aromatic heterocycles. The van der Waals surface area contributed by atoms with Crippen LogP contribution in [0.2, 0.25) is 0 Å². The van der Waals surface area contributed by atoms with Crippen molar-refractivity contribution in [1.29, 1.82) is 0 Å². The molecule has 0 saturated carbocycles. The monoisotopic (exact) mass is 124 g/mol. The van der Waals surface area contributed by atoms with Crippen molar-refractivity contribution in [3.05, 3.63) is 19.6 Å². The van der Waals surface area contributed by atoms with E-state index in [-0.39, 0.29) is 6.04 Å². The quantitative estimate of drug-likeness (QED) is 0.590. The number of rotatable bonds is 2. The highest BCUT2D eigenvalue weighted by molar-refractivity contribution is 4.68. The van der Waals surface area contributed by atoms with Gasteiger partial charge in [0, 0.05) is 0 Å². The van der Waals surface area contributed by atoms with Gasteiger partial charge in [0.2, 0.25) is 0 Å². The molecule has 0 spiro atoms. The fourth-order valence-electron chi connectivity index (χ4n) is 0.593. The Kier molecular flexibility index (Phi) is 1.82. The van der Waals surface area contributed by atoms with Gasteiger partial charge in [0.1, 0.15) is 12.7 Å². The van der Waals surface area contributed by atoms with E-state index in [9.17, 15) is 0 Å². The lowest BCUT2D eigenvalue weighted by atomic mass is 10.3. The van der Waals surface area contributed by atoms with E-state index in [1.807, 2.05) is 0 Å². The van der Waals surface area contributed by atoms with Crippen molar-refractivity contribution in [3.8, 4) is 0 Å². The van der Waals surface area contributed by atoms with Gasteiger partial charge in [-0.15, -0.1) is 0 Å². The Balaban J connectivity index is 2.65. The highest BCUT2D eigenvalue weighted by Crippen LogP contribution is 2.04. The van der Waals surface area contributed by atoms with E-state index in [4.69, 9.17) is 0 Å². The van der Waals surface area contributed by atoms with Crippen LogP contribution in [0.3, 0.4) is 0 Å². The summed E-state index contributed by atoms with van der Waals surface area (Å²) in [5.74, 6) is 0. The zero-order chi connectivity index (χ0) is 6.69. The van der Waals surface area contributed by atoms with E-state index in [1.165, 1.54) is 6.33 Å². The van der Waals surface area contributed by atoms with Gasteiger partial charge in [-0.1, -0.05) is 6.92 Å². The van der Waals surface area contributed by atoms with Gasteiger partial charge < -0.3 is 0 Å². The van der Waals surface area contributed by atoms with Gasteiger partial charge in [-0.2, -0.15) is 5.10 Å². The number of aromatic nitrogens is 3. The van der Waals surface area contributed by atoms with E-state index in [1.54, 1.807) is 11.0 Å². The predicted octanol–water partition coefficient (Wildman–Crippen LogP) is 1.06. The van der Waals surface area contributed by atoms with Crippen LogP contribution in [-0.2, 0) is 0 Å². The number of nitrogens with zero attached hydrogens (tertiary/aromatic N) is 3. The maximum atomic E-state index is 3.93. The fourth-order valence-corrected chi connectivity index (χ4v) is 0.593. The van der Waals surface area contributed by atoms with Crippen LogP contribution in [0.15, 0.2) is 12.7 Å². The van der Waals surface area contributed by atoms with Gasteiger partial charge in [0.05, 0.1) is 6.04 Å². The first-order valence-corrected chi connectivity index (χ1v) is 3.01. The third-order valence-electron chi connectivity index (χ3n) is 1.28. The molecular weight excluding hydrogens is 114 g/mol. The van der Waals surface area contributed by atoms with Gasteiger partial charge >= 0.3 is 0 Å². The molecule has 1 radical (unpaired) electrons. The Morgan fingerprint density at radius 1 is 1.78 bits per heavy atom. The van der Waals surface area contributed by atoms with Gasteiger partial charge in [-0.25, -0.2) is 9.67 Å². The van der Waals surface area contributed by atoms with Crippen LogP contribution < -0.4 is 0 Å². The van der Waals surface area contributed by atoms with Crippen LogP contribution in [0, 0.1) is 6.92 Å². The van der Waals surface area contributed by atoms with Gasteiger partial charge in [0.15, 0.2) is 0 Å². The predicted molar refractivity (Wildman–Crippen MR) is 34.7 cm³/mol. The van der Waals surface area contributed by atoms with E-state index < -0.39 is 0 Å². The SMILES string of the molecule is [CH2][C@H](CC)n1cncn1. The Labute approximate surface area is 54.7 Å². The summed E-state index contributed by atoms with van der Waals surface area (Å²) in [6, 6.07) is 0.229. The Morgan fingerprint density at radius 2 is 2.56 bits per heavy atom. The second-order valence-corrected chi connectivity index (χ2v) is 1.94. The molecule has 3 heteroatoms. The molecule has 0 amide bonds. The average Bonchev–Trinajstić information content (AvgIpc) is 2.37. The summed E-state index contributed by atoms with van der Waals surface area (Å²) in [6.07, 6.45) is 4.19. The summed E-state index contributed by atoms with van der Waals surface area (Å²) in [6.45, 7) is 5.93. The minimum absolute atomic E-state index is 0.229. The average molecular weight is 124 g/mol. The third kappa shape index (κ3) is 1.28. The van der Waals surface area contributed by atoms with Crippen LogP contribution in [0.25, 0.3) is 0 Å². The van der Waals surface area contributed by atoms with Crippen molar-refractivity contribution in [2.45, 2.75) is 19.4 Å². The van der Waals surface area contributed by atoms with E-state index >= 15 is 0 Å². The topological polar surface area (TPSA) is 30.7 Å². The summed E-state index contributed by atoms with van der Waals surface area (Å²) >= 11 is 0. The molecule has 1 aromatic rings. The van der Waals surface area contributed by atoms with Crippen LogP contribution in [0.5, 0.6) is 0 Å². The smallest absolute Gasteiger partial charge is 0.137 e. The highest BCUT2D eigenvalue weighted by atomic mass is 15.3. The molecule has 1 heterocycles. The molecule has 1 atom stereocenters. The Bertz CT molecular complexity index is 157. The second-order valence-electron chi connectivity index (χ2n) is 1.94. The lowest BCUT2D eigenvalue weighted by Crippen LogP contribution is -2.03. The molecule has 0 N–H and O–H groups in total. The maximum absolute atomic E-state index is 3.93. The first-order chi connectivity index (χ1) is 4.34. The van der Waals surface area contributed by atoms with Crippen LogP contribution >= 0.6 is 0 Å². The molecule has 0 aliphatic heterocycles. The molecule has 9 heavy (non-hydrogen) atoms. The molecule has 49 valence electrons. The van der Waals surface area contributed by atoms with E-state index in [0.29, 0.717) is 0 Å². The van der Waals surface area contributed by atoms with Crippen molar-refractivity contribution in [2.75, 3.05) is 0 Å². The van der Waals surface area contributed by atoms with Crippen molar-refractivity contribution in [2.24, 2.45) is 0 Å². The van der Waals surface area contributed by atoms with Crippen LogP contribution in [-0.4, -0.2) is 14.8 Å². The van der Waals surface area contributed by atoms with Gasteiger partial charge in [-0.3, -0.25) is 0 Å². The fraction of sp³-hybridized carbons (Fsp3) is 0.500. The van der Waals surface area contributed by atoms with E-state index in [2.05, 4.69) is 23.9 Å². The van der Waals surface area contributed by atoms with Crippen LogP contribution in [0.4, 0.5) is 0 Å². The molecule has 0 unspecified atom stereocenters. The molecule has 0 aliphatic rings. The first kappa shape index (κ1) is 6.26. The zero-order valence-corrected chi connectivity index (χ0v) is 5.49. The summed E-state index contributed by atoms with van der Waals surface area (Å²) in [5, 5.41) is 3.93. The van der Waals surface area contributed by atoms with Gasteiger partial charge in [-0.05, 0) is 13.3 Å². The van der Waals surface area contributed by atoms with Gasteiger partial charge in [0.25, 0.3) is 0 Å². The van der Waals surface area contributed by atoms with Crippen molar-refractivity contribution in [3.63, 3.8) is 0 Å². The second kappa shape index (κ2) is 2.62. The molecule has 0 bridgehead atoms. The summed E-state index contributed by atoms with van der Waals surface area (Å²) in [4.78, 5) is 3.80. The number of hydrogen-bond donors (Lipinski definition) is 0. The molecule has 1 rings (SSSR count). The Hall–Kier alpha value is -0.860. The number of hydrogen-bond acceptors (Lipinski definition) is 2. The first-order valence-electron chi connectivity index (χ1n) is 3.01. The third-order valence-corrected chi connectivity index (χ3v) is 1.28. The minimum atomic E-state index is 0.229. The normalized spacial score (nSPS) is 13.6. The van der Waals surface area contributed by atoms with Crippen molar-refractivity contribution < 1.29 is 0 Å². The van der Waals surface area contributed by atoms with Crippen molar-refractivity contribution >= 4 is 0 Å². The minimum Gasteiger partial charge on any atom is -0.250 e. The molecular formula is C6H10N3. The Morgan fingerprint density at radius 3 is 3.00 bits per heavy atom. The molecule has 0 fully saturated rings. The van der Waals surface area contributed by atoms with Crippen molar-refractivity contribution in [1.82, 2.24) is 14.8 Å². The summed E-state index contributed by atoms with van der Waals surface area (Å²) < 4.78 is 1.75. The largest absolute Gasteiger partial charge is 0.250 e. The lowest BCUT2D eigenvalue weighted by molar-refractivity contribution is 0.519. The lowest BCUT2D eigenvalue weighted by Gasteiger charge is -2.05.